The highest BCUT2D eigenvalue weighted by atomic mass is 79.9. The first kappa shape index (κ1) is 14.4. The van der Waals surface area contributed by atoms with E-state index in [9.17, 15) is 4.79 Å². The van der Waals surface area contributed by atoms with Crippen LogP contribution < -0.4 is 15.2 Å². The number of rotatable bonds is 5. The molecule has 0 bridgehead atoms. The molecule has 2 aromatic rings. The minimum Gasteiger partial charge on any atom is -0.496 e. The van der Waals surface area contributed by atoms with Crippen LogP contribution in [-0.4, -0.2) is 13.0 Å². The van der Waals surface area contributed by atoms with E-state index in [0.29, 0.717) is 11.3 Å². The van der Waals surface area contributed by atoms with Crippen molar-refractivity contribution < 1.29 is 14.3 Å². The fraction of sp³-hybridized carbons (Fsp3) is 0.133. The number of halogens is 1. The van der Waals surface area contributed by atoms with E-state index >= 15 is 0 Å². The van der Waals surface area contributed by atoms with Crippen molar-refractivity contribution in [2.45, 2.75) is 6.61 Å². The molecule has 104 valence electrons. The summed E-state index contributed by atoms with van der Waals surface area (Å²) in [7, 11) is 1.60. The van der Waals surface area contributed by atoms with E-state index in [4.69, 9.17) is 15.2 Å². The zero-order valence-corrected chi connectivity index (χ0v) is 12.5. The van der Waals surface area contributed by atoms with Crippen LogP contribution in [0, 0.1) is 0 Å². The molecule has 0 spiro atoms. The molecular weight excluding hydrogens is 322 g/mol. The van der Waals surface area contributed by atoms with Gasteiger partial charge in [-0.25, -0.2) is 0 Å². The molecule has 1 amide bonds. The molecular formula is C15H14BrNO3. The van der Waals surface area contributed by atoms with Gasteiger partial charge in [0.25, 0.3) is 5.91 Å². The summed E-state index contributed by atoms with van der Waals surface area (Å²) in [5.41, 5.74) is 6.55. The average molecular weight is 336 g/mol. The summed E-state index contributed by atoms with van der Waals surface area (Å²) in [6, 6.07) is 12.5. The number of amides is 1. The zero-order valence-electron chi connectivity index (χ0n) is 10.9. The Hall–Kier alpha value is -2.01. The summed E-state index contributed by atoms with van der Waals surface area (Å²) in [4.78, 5) is 11.3. The van der Waals surface area contributed by atoms with E-state index in [-0.39, 0.29) is 6.61 Å². The molecule has 0 heterocycles. The highest BCUT2D eigenvalue weighted by Crippen LogP contribution is 2.25. The van der Waals surface area contributed by atoms with Gasteiger partial charge in [-0.2, -0.15) is 0 Å². The first-order valence-corrected chi connectivity index (χ1v) is 6.75. The molecule has 0 radical (unpaired) electrons. The molecule has 2 N–H and O–H groups in total. The molecule has 5 heteroatoms. The topological polar surface area (TPSA) is 61.6 Å². The second-order valence-corrected chi connectivity index (χ2v) is 5.02. The molecule has 0 saturated heterocycles. The first-order valence-electron chi connectivity index (χ1n) is 5.96. The van der Waals surface area contributed by atoms with Gasteiger partial charge in [-0.05, 0) is 30.3 Å². The lowest BCUT2D eigenvalue weighted by Crippen LogP contribution is -2.13. The Labute approximate surface area is 125 Å². The lowest BCUT2D eigenvalue weighted by molar-refractivity contribution is 0.0996. The minimum absolute atomic E-state index is 0.285. The van der Waals surface area contributed by atoms with Crippen molar-refractivity contribution in [3.63, 3.8) is 0 Å². The van der Waals surface area contributed by atoms with Gasteiger partial charge in [-0.1, -0.05) is 28.1 Å². The predicted octanol–water partition coefficient (Wildman–Crippen LogP) is 3.14. The molecule has 2 rings (SSSR count). The number of para-hydroxylation sites is 1. The number of carbonyl (C=O) groups excluding carboxylic acids is 1. The van der Waals surface area contributed by atoms with Gasteiger partial charge in [-0.15, -0.1) is 0 Å². The third-order valence-corrected chi connectivity index (χ3v) is 3.27. The quantitative estimate of drug-likeness (QED) is 0.912. The van der Waals surface area contributed by atoms with E-state index in [1.807, 2.05) is 18.2 Å². The van der Waals surface area contributed by atoms with E-state index in [2.05, 4.69) is 15.9 Å². The molecule has 0 aliphatic heterocycles. The Morgan fingerprint density at radius 2 is 1.95 bits per heavy atom. The molecule has 20 heavy (non-hydrogen) atoms. The van der Waals surface area contributed by atoms with Crippen molar-refractivity contribution in [2.24, 2.45) is 5.73 Å². The van der Waals surface area contributed by atoms with Crippen LogP contribution in [0.25, 0.3) is 0 Å². The van der Waals surface area contributed by atoms with Crippen LogP contribution >= 0.6 is 15.9 Å². The van der Waals surface area contributed by atoms with Crippen LogP contribution in [0.3, 0.4) is 0 Å². The summed E-state index contributed by atoms with van der Waals surface area (Å²) in [6.07, 6.45) is 0. The van der Waals surface area contributed by atoms with Crippen LogP contribution in [-0.2, 0) is 6.61 Å². The predicted molar refractivity (Wildman–Crippen MR) is 80.0 cm³/mol. The van der Waals surface area contributed by atoms with Gasteiger partial charge in [0.15, 0.2) is 0 Å². The molecule has 0 aliphatic carbocycles. The third-order valence-electron chi connectivity index (χ3n) is 2.78. The number of primary amides is 1. The number of hydrogen-bond acceptors (Lipinski definition) is 3. The highest BCUT2D eigenvalue weighted by molar-refractivity contribution is 9.10. The van der Waals surface area contributed by atoms with Gasteiger partial charge in [0.2, 0.25) is 0 Å². The number of carbonyl (C=O) groups is 1. The fourth-order valence-electron chi connectivity index (χ4n) is 1.81. The molecule has 0 aromatic heterocycles. The number of methoxy groups -OCH3 is 1. The number of nitrogens with two attached hydrogens (primary N) is 1. The number of ether oxygens (including phenoxy) is 2. The Bertz CT molecular complexity index is 628. The van der Waals surface area contributed by atoms with Gasteiger partial charge in [0.05, 0.1) is 12.7 Å². The Morgan fingerprint density at radius 1 is 1.20 bits per heavy atom. The summed E-state index contributed by atoms with van der Waals surface area (Å²) in [5, 5.41) is 0. The van der Waals surface area contributed by atoms with Crippen molar-refractivity contribution in [3.8, 4) is 11.5 Å². The molecule has 2 aromatic carbocycles. The van der Waals surface area contributed by atoms with Gasteiger partial charge in [0.1, 0.15) is 18.1 Å². The van der Waals surface area contributed by atoms with Gasteiger partial charge in [-0.3, -0.25) is 4.79 Å². The van der Waals surface area contributed by atoms with Crippen LogP contribution in [0.1, 0.15) is 15.9 Å². The lowest BCUT2D eigenvalue weighted by atomic mass is 10.2. The molecule has 0 unspecified atom stereocenters. The molecule has 0 fully saturated rings. The van der Waals surface area contributed by atoms with Crippen molar-refractivity contribution in [1.29, 1.82) is 0 Å². The summed E-state index contributed by atoms with van der Waals surface area (Å²) in [6.45, 7) is 0.285. The summed E-state index contributed by atoms with van der Waals surface area (Å²) in [5.74, 6) is 0.675. The lowest BCUT2D eigenvalue weighted by Gasteiger charge is -2.12. The third kappa shape index (κ3) is 3.30. The van der Waals surface area contributed by atoms with Crippen molar-refractivity contribution in [2.75, 3.05) is 7.11 Å². The smallest absolute Gasteiger partial charge is 0.252 e. The van der Waals surface area contributed by atoms with Crippen LogP contribution in [0.5, 0.6) is 11.5 Å². The molecule has 0 aliphatic rings. The van der Waals surface area contributed by atoms with Crippen molar-refractivity contribution in [3.05, 3.63) is 58.1 Å². The van der Waals surface area contributed by atoms with E-state index < -0.39 is 5.91 Å². The van der Waals surface area contributed by atoms with E-state index in [1.165, 1.54) is 0 Å². The monoisotopic (exact) mass is 335 g/mol. The molecule has 0 atom stereocenters. The largest absolute Gasteiger partial charge is 0.496 e. The van der Waals surface area contributed by atoms with Crippen LogP contribution in [0.4, 0.5) is 0 Å². The van der Waals surface area contributed by atoms with Gasteiger partial charge in [0, 0.05) is 10.0 Å². The summed E-state index contributed by atoms with van der Waals surface area (Å²) < 4.78 is 11.9. The Morgan fingerprint density at radius 3 is 2.65 bits per heavy atom. The number of hydrogen-bond donors (Lipinski definition) is 1. The average Bonchev–Trinajstić information content (AvgIpc) is 2.45. The second-order valence-electron chi connectivity index (χ2n) is 4.11. The first-order chi connectivity index (χ1) is 9.61. The van der Waals surface area contributed by atoms with Crippen molar-refractivity contribution >= 4 is 21.8 Å². The maximum atomic E-state index is 11.3. The zero-order chi connectivity index (χ0) is 14.5. The summed E-state index contributed by atoms with van der Waals surface area (Å²) >= 11 is 3.40. The minimum atomic E-state index is -0.512. The van der Waals surface area contributed by atoms with E-state index in [1.54, 1.807) is 31.4 Å². The molecule has 0 saturated carbocycles. The number of benzene rings is 2. The fourth-order valence-corrected chi connectivity index (χ4v) is 2.22. The van der Waals surface area contributed by atoms with Crippen LogP contribution in [0.2, 0.25) is 0 Å². The SMILES string of the molecule is COc1ccc(Br)cc1COc1ccccc1C(N)=O. The Balaban J connectivity index is 2.21. The van der Waals surface area contributed by atoms with Crippen LogP contribution in [0.15, 0.2) is 46.9 Å². The second kappa shape index (κ2) is 6.43. The standard InChI is InChI=1S/C15H14BrNO3/c1-19-13-7-6-11(16)8-10(13)9-20-14-5-3-2-4-12(14)15(17)18/h2-8H,9H2,1H3,(H2,17,18). The van der Waals surface area contributed by atoms with Gasteiger partial charge < -0.3 is 15.2 Å². The maximum Gasteiger partial charge on any atom is 0.252 e. The maximum absolute atomic E-state index is 11.3. The van der Waals surface area contributed by atoms with E-state index in [0.717, 1.165) is 15.8 Å². The normalized spacial score (nSPS) is 10.1. The molecule has 4 nitrogen and oxygen atoms in total. The Kier molecular flexibility index (Phi) is 4.63. The van der Waals surface area contributed by atoms with Gasteiger partial charge >= 0.3 is 0 Å². The van der Waals surface area contributed by atoms with Crippen molar-refractivity contribution in [1.82, 2.24) is 0 Å². The highest BCUT2D eigenvalue weighted by Gasteiger charge is 2.10.